The SMILES string of the molecule is CC.CC.CC(NC(=O)[C@@H](NC(=O)CCCCCN1C(=O)CC(C)C1C)C(C)C)C(=O)NC(CCCCNC(=O)C(N)CCN(C(=O)CO)C(c1cc(-c2cc(F)ccc2F)cn1Cc1ccccc1)C(C)(C)C)C(=O)O. The number of aliphatic carboxylic acids is 1. The standard InChI is InChI=1S/C54H78F2N8O9.2C2H6/c1-33(2)48(61-45(66)20-13-10-16-25-63-36(5)34(3)27-46(63)67)52(71)59-35(4)50(69)60-43(53(72)73)19-14-15-24-58-51(70)42(57)23-26-64(47(68)32-65)49(54(6,7)8)44-28-38(40-29-39(55)21-22-41(40)56)31-62(44)30-37-17-11-9-12-18-37;2*1-2/h9,11-12,17-18,21-22,28-29,31,33-36,42-43,48-49,65H,10,13-16,19-20,23-27,30,32,57H2,1-8H3,(H,58,70)(H,59,71)(H,60,69)(H,61,66)(H,72,73);2*1-2H3/t34?,35?,36?,42?,43?,48-,49?;;/m0../s1. The molecule has 0 saturated carbocycles. The number of carbonyl (C=O) groups is 7. The summed E-state index contributed by atoms with van der Waals surface area (Å²) in [6, 6.07) is 9.36. The number of carbonyl (C=O) groups excluding carboxylic acids is 6. The van der Waals surface area contributed by atoms with Gasteiger partial charge in [0, 0.05) is 68.1 Å². The lowest BCUT2D eigenvalue weighted by Gasteiger charge is -2.41. The van der Waals surface area contributed by atoms with Gasteiger partial charge < -0.3 is 51.6 Å². The molecule has 6 unspecified atom stereocenters. The minimum absolute atomic E-state index is 0.00676. The van der Waals surface area contributed by atoms with Crippen LogP contribution in [-0.2, 0) is 40.1 Å². The first kappa shape index (κ1) is 66.9. The van der Waals surface area contributed by atoms with Crippen LogP contribution in [0.5, 0.6) is 0 Å². The molecule has 77 heavy (non-hydrogen) atoms. The van der Waals surface area contributed by atoms with Gasteiger partial charge in [0.1, 0.15) is 36.4 Å². The molecule has 0 spiro atoms. The molecular formula is C58H90F2N8O9. The van der Waals surface area contributed by atoms with Crippen molar-refractivity contribution in [1.82, 2.24) is 35.6 Å². The van der Waals surface area contributed by atoms with Gasteiger partial charge in [0.2, 0.25) is 35.4 Å². The third-order valence-electron chi connectivity index (χ3n) is 13.5. The number of aromatic nitrogens is 1. The van der Waals surface area contributed by atoms with Crippen molar-refractivity contribution in [3.8, 4) is 11.1 Å². The predicted molar refractivity (Wildman–Crippen MR) is 296 cm³/mol. The number of aliphatic hydroxyl groups excluding tert-OH is 1. The van der Waals surface area contributed by atoms with E-state index in [0.717, 1.165) is 36.6 Å². The maximum atomic E-state index is 15.1. The largest absolute Gasteiger partial charge is 0.480 e. The number of nitrogens with two attached hydrogens (primary N) is 1. The number of carboxylic acids is 1. The van der Waals surface area contributed by atoms with Crippen LogP contribution < -0.4 is 27.0 Å². The Morgan fingerprint density at radius 2 is 1.49 bits per heavy atom. The van der Waals surface area contributed by atoms with E-state index in [1.54, 1.807) is 26.1 Å². The Morgan fingerprint density at radius 1 is 0.831 bits per heavy atom. The molecule has 1 aliphatic heterocycles. The fraction of sp³-hybridized carbons (Fsp3) is 0.603. The molecule has 1 fully saturated rings. The van der Waals surface area contributed by atoms with Crippen molar-refractivity contribution >= 4 is 41.4 Å². The van der Waals surface area contributed by atoms with E-state index in [1.165, 1.54) is 11.8 Å². The maximum Gasteiger partial charge on any atom is 0.326 e. The second kappa shape index (κ2) is 33.2. The molecule has 430 valence electrons. The molecule has 1 aliphatic rings. The number of hydrogen-bond acceptors (Lipinski definition) is 9. The van der Waals surface area contributed by atoms with Crippen molar-refractivity contribution in [2.24, 2.45) is 23.0 Å². The van der Waals surface area contributed by atoms with Gasteiger partial charge in [-0.2, -0.15) is 0 Å². The normalized spacial score (nSPS) is 16.1. The average Bonchev–Trinajstić information content (AvgIpc) is 3.90. The molecule has 17 nitrogen and oxygen atoms in total. The molecule has 2 heterocycles. The number of rotatable bonds is 28. The van der Waals surface area contributed by atoms with Crippen LogP contribution in [0, 0.1) is 28.9 Å². The summed E-state index contributed by atoms with van der Waals surface area (Å²) in [5.74, 6) is -5.18. The van der Waals surface area contributed by atoms with Crippen molar-refractivity contribution in [1.29, 1.82) is 0 Å². The van der Waals surface area contributed by atoms with Crippen molar-refractivity contribution in [3.63, 3.8) is 0 Å². The van der Waals surface area contributed by atoms with Gasteiger partial charge in [-0.1, -0.05) is 106 Å². The third-order valence-corrected chi connectivity index (χ3v) is 13.5. The minimum atomic E-state index is -1.30. The van der Waals surface area contributed by atoms with Crippen molar-refractivity contribution in [2.75, 3.05) is 26.2 Å². The Morgan fingerprint density at radius 3 is 2.08 bits per heavy atom. The highest BCUT2D eigenvalue weighted by molar-refractivity contribution is 5.93. The monoisotopic (exact) mass is 1080 g/mol. The van der Waals surface area contributed by atoms with Crippen LogP contribution in [0.3, 0.4) is 0 Å². The number of benzene rings is 2. The van der Waals surface area contributed by atoms with Crippen LogP contribution in [-0.4, -0.2) is 122 Å². The number of carboxylic acid groups (broad SMARTS) is 1. The topological polar surface area (TPSA) is 246 Å². The van der Waals surface area contributed by atoms with Crippen LogP contribution in [0.1, 0.15) is 158 Å². The molecule has 0 aliphatic carbocycles. The first-order valence-corrected chi connectivity index (χ1v) is 27.5. The van der Waals surface area contributed by atoms with E-state index >= 15 is 4.39 Å². The first-order chi connectivity index (χ1) is 36.4. The molecule has 8 N–H and O–H groups in total. The van der Waals surface area contributed by atoms with E-state index in [-0.39, 0.29) is 68.1 Å². The second-order valence-corrected chi connectivity index (χ2v) is 20.8. The Hall–Kier alpha value is -6.21. The van der Waals surface area contributed by atoms with Gasteiger partial charge in [0.15, 0.2) is 0 Å². The number of hydrogen-bond donors (Lipinski definition) is 7. The lowest BCUT2D eigenvalue weighted by atomic mass is 9.82. The summed E-state index contributed by atoms with van der Waals surface area (Å²) in [5.41, 5.74) is 7.58. The molecule has 1 saturated heterocycles. The molecule has 2 aromatic carbocycles. The maximum absolute atomic E-state index is 15.1. The van der Waals surface area contributed by atoms with Gasteiger partial charge in [-0.3, -0.25) is 28.8 Å². The van der Waals surface area contributed by atoms with Crippen LogP contribution in [0.2, 0.25) is 0 Å². The van der Waals surface area contributed by atoms with Gasteiger partial charge in [-0.05, 0) is 99.5 Å². The highest BCUT2D eigenvalue weighted by Gasteiger charge is 2.38. The van der Waals surface area contributed by atoms with Gasteiger partial charge in [-0.15, -0.1) is 0 Å². The van der Waals surface area contributed by atoms with E-state index in [4.69, 9.17) is 5.73 Å². The van der Waals surface area contributed by atoms with Gasteiger partial charge in [0.05, 0.1) is 12.1 Å². The molecule has 6 amide bonds. The Bertz CT molecular complexity index is 2360. The van der Waals surface area contributed by atoms with E-state index in [0.29, 0.717) is 49.5 Å². The Labute approximate surface area is 455 Å². The highest BCUT2D eigenvalue weighted by atomic mass is 19.1. The van der Waals surface area contributed by atoms with E-state index in [1.807, 2.05) is 95.2 Å². The molecule has 1 aromatic heterocycles. The van der Waals surface area contributed by atoms with Crippen molar-refractivity contribution in [2.45, 2.75) is 184 Å². The summed E-state index contributed by atoms with van der Waals surface area (Å²) in [7, 11) is 0. The summed E-state index contributed by atoms with van der Waals surface area (Å²) < 4.78 is 31.4. The van der Waals surface area contributed by atoms with Crippen LogP contribution in [0.4, 0.5) is 8.78 Å². The summed E-state index contributed by atoms with van der Waals surface area (Å²) in [4.78, 5) is 93.7. The molecule has 19 heteroatoms. The molecular weight excluding hydrogens is 991 g/mol. The zero-order valence-electron chi connectivity index (χ0n) is 47.7. The molecule has 0 bridgehead atoms. The van der Waals surface area contributed by atoms with Crippen molar-refractivity contribution in [3.05, 3.63) is 83.7 Å². The molecule has 4 rings (SSSR count). The number of halogens is 2. The summed E-state index contributed by atoms with van der Waals surface area (Å²) >= 11 is 0. The summed E-state index contributed by atoms with van der Waals surface area (Å²) in [5, 5.41) is 30.6. The zero-order chi connectivity index (χ0) is 58.2. The quantitative estimate of drug-likeness (QED) is 0.0354. The average molecular weight is 1080 g/mol. The van der Waals surface area contributed by atoms with E-state index in [2.05, 4.69) is 28.2 Å². The number of unbranched alkanes of at least 4 members (excludes halogenated alkanes) is 3. The minimum Gasteiger partial charge on any atom is -0.480 e. The molecule has 3 aromatic rings. The Balaban J connectivity index is 0.00000495. The number of aliphatic hydroxyl groups is 1. The third kappa shape index (κ3) is 20.9. The van der Waals surface area contributed by atoms with Crippen LogP contribution in [0.25, 0.3) is 11.1 Å². The second-order valence-electron chi connectivity index (χ2n) is 20.8. The fourth-order valence-corrected chi connectivity index (χ4v) is 9.20. The molecule has 7 atom stereocenters. The van der Waals surface area contributed by atoms with E-state index in [9.17, 15) is 48.2 Å². The first-order valence-electron chi connectivity index (χ1n) is 27.5. The van der Waals surface area contributed by atoms with E-state index < -0.39 is 83.5 Å². The highest BCUT2D eigenvalue weighted by Crippen LogP contribution is 2.41. The van der Waals surface area contributed by atoms with Gasteiger partial charge in [0.25, 0.3) is 0 Å². The van der Waals surface area contributed by atoms with Gasteiger partial charge in [-0.25, -0.2) is 13.6 Å². The fourth-order valence-electron chi connectivity index (χ4n) is 9.20. The predicted octanol–water partition coefficient (Wildman–Crippen LogP) is 7.48. The summed E-state index contributed by atoms with van der Waals surface area (Å²) in [6.07, 6.45) is 5.12. The van der Waals surface area contributed by atoms with Crippen LogP contribution >= 0.6 is 0 Å². The van der Waals surface area contributed by atoms with Gasteiger partial charge >= 0.3 is 5.97 Å². The Kier molecular flexibility index (Phi) is 28.8. The lowest BCUT2D eigenvalue weighted by Crippen LogP contribution is -2.56. The number of likely N-dealkylation sites (tertiary alicyclic amines) is 1. The molecule has 0 radical (unpaired) electrons. The zero-order valence-corrected chi connectivity index (χ0v) is 47.7. The number of nitrogens with one attached hydrogen (secondary N) is 4. The van der Waals surface area contributed by atoms with Crippen molar-refractivity contribution < 1.29 is 52.6 Å². The lowest BCUT2D eigenvalue weighted by molar-refractivity contribution is -0.142. The number of nitrogens with zero attached hydrogens (tertiary/aromatic N) is 3. The smallest absolute Gasteiger partial charge is 0.326 e. The van der Waals surface area contributed by atoms with Crippen LogP contribution in [0.15, 0.2) is 60.8 Å². The number of amides is 6. The summed E-state index contributed by atoms with van der Waals surface area (Å²) in [6.45, 7) is 23.0.